The molecule has 0 N–H and O–H groups in total. The number of benzene rings is 4. The van der Waals surface area contributed by atoms with Crippen molar-refractivity contribution < 1.29 is 8.83 Å². The third-order valence-electron chi connectivity index (χ3n) is 6.37. The van der Waals surface area contributed by atoms with Gasteiger partial charge in [-0.15, -0.1) is 0 Å². The Bertz CT molecular complexity index is 1560. The van der Waals surface area contributed by atoms with Gasteiger partial charge in [0.2, 0.25) is 0 Å². The molecular weight excluding hydrogens is 368 g/mol. The predicted octanol–water partition coefficient (Wildman–Crippen LogP) is 8.25. The fourth-order valence-electron chi connectivity index (χ4n) is 4.60. The molecule has 0 spiro atoms. The number of para-hydroxylation sites is 1. The molecular formula is C28H22O2. The summed E-state index contributed by atoms with van der Waals surface area (Å²) < 4.78 is 12.2. The van der Waals surface area contributed by atoms with Crippen molar-refractivity contribution in [3.8, 4) is 0 Å². The van der Waals surface area contributed by atoms with Crippen LogP contribution in [0.25, 0.3) is 43.9 Å². The Morgan fingerprint density at radius 3 is 1.93 bits per heavy atom. The Balaban J connectivity index is 1.50. The molecule has 0 fully saturated rings. The van der Waals surface area contributed by atoms with Crippen molar-refractivity contribution in [1.82, 2.24) is 0 Å². The maximum Gasteiger partial charge on any atom is 0.138 e. The van der Waals surface area contributed by atoms with Gasteiger partial charge in [-0.3, -0.25) is 0 Å². The van der Waals surface area contributed by atoms with Crippen LogP contribution in [0.3, 0.4) is 0 Å². The van der Waals surface area contributed by atoms with Crippen molar-refractivity contribution in [3.05, 3.63) is 95.1 Å². The van der Waals surface area contributed by atoms with Gasteiger partial charge in [-0.1, -0.05) is 48.9 Å². The summed E-state index contributed by atoms with van der Waals surface area (Å²) in [6.45, 7) is 6.49. The summed E-state index contributed by atoms with van der Waals surface area (Å²) >= 11 is 0. The SMILES string of the molecule is Cc1ccc2oc3ccc([C@H](C)c4ccc5oc6c(C)cccc6c5c4)cc3c2c1. The van der Waals surface area contributed by atoms with Gasteiger partial charge in [0.1, 0.15) is 22.3 Å². The van der Waals surface area contributed by atoms with E-state index in [4.69, 9.17) is 8.83 Å². The molecule has 2 heterocycles. The zero-order valence-electron chi connectivity index (χ0n) is 17.3. The molecule has 30 heavy (non-hydrogen) atoms. The monoisotopic (exact) mass is 390 g/mol. The van der Waals surface area contributed by atoms with E-state index in [0.29, 0.717) is 0 Å². The van der Waals surface area contributed by atoms with Crippen molar-refractivity contribution in [3.63, 3.8) is 0 Å². The minimum atomic E-state index is 0.267. The molecule has 6 aromatic rings. The third kappa shape index (κ3) is 2.50. The number of fused-ring (bicyclic) bond motifs is 6. The summed E-state index contributed by atoms with van der Waals surface area (Å²) in [5.74, 6) is 0.267. The second kappa shape index (κ2) is 6.24. The van der Waals surface area contributed by atoms with E-state index in [1.165, 1.54) is 43.8 Å². The Labute approximate surface area is 174 Å². The van der Waals surface area contributed by atoms with Gasteiger partial charge in [0.15, 0.2) is 0 Å². The van der Waals surface area contributed by atoms with E-state index in [0.717, 1.165) is 22.3 Å². The highest BCUT2D eigenvalue weighted by atomic mass is 16.3. The maximum absolute atomic E-state index is 6.12. The summed E-state index contributed by atoms with van der Waals surface area (Å²) in [5, 5.41) is 4.74. The fourth-order valence-corrected chi connectivity index (χ4v) is 4.60. The van der Waals surface area contributed by atoms with Crippen molar-refractivity contribution in [2.24, 2.45) is 0 Å². The van der Waals surface area contributed by atoms with Crippen LogP contribution >= 0.6 is 0 Å². The Kier molecular flexibility index (Phi) is 3.61. The van der Waals surface area contributed by atoms with Crippen LogP contribution < -0.4 is 0 Å². The molecule has 0 aliphatic carbocycles. The quantitative estimate of drug-likeness (QED) is 0.297. The lowest BCUT2D eigenvalue weighted by atomic mass is 9.91. The zero-order chi connectivity index (χ0) is 20.4. The molecule has 0 aliphatic rings. The van der Waals surface area contributed by atoms with Crippen molar-refractivity contribution in [1.29, 1.82) is 0 Å². The Morgan fingerprint density at radius 1 is 0.600 bits per heavy atom. The van der Waals surface area contributed by atoms with Gasteiger partial charge in [0.25, 0.3) is 0 Å². The molecule has 0 radical (unpaired) electrons. The van der Waals surface area contributed by atoms with Gasteiger partial charge in [0, 0.05) is 27.5 Å². The Hall–Kier alpha value is -3.52. The molecule has 1 atom stereocenters. The number of hydrogen-bond acceptors (Lipinski definition) is 2. The second-order valence-electron chi connectivity index (χ2n) is 8.39. The lowest BCUT2D eigenvalue weighted by molar-refractivity contribution is 0.665. The third-order valence-corrected chi connectivity index (χ3v) is 6.37. The highest BCUT2D eigenvalue weighted by Crippen LogP contribution is 2.36. The van der Waals surface area contributed by atoms with E-state index in [1.54, 1.807) is 0 Å². The van der Waals surface area contributed by atoms with Crippen LogP contribution in [0, 0.1) is 13.8 Å². The first kappa shape index (κ1) is 17.3. The molecule has 2 aromatic heterocycles. The van der Waals surface area contributed by atoms with Crippen molar-refractivity contribution >= 4 is 43.9 Å². The molecule has 0 amide bonds. The molecule has 0 aliphatic heterocycles. The Morgan fingerprint density at radius 2 is 1.20 bits per heavy atom. The first-order valence-electron chi connectivity index (χ1n) is 10.4. The summed E-state index contributed by atoms with van der Waals surface area (Å²) in [6, 6.07) is 25.9. The molecule has 6 rings (SSSR count). The molecule has 4 aromatic carbocycles. The molecule has 146 valence electrons. The van der Waals surface area contributed by atoms with E-state index < -0.39 is 0 Å². The van der Waals surface area contributed by atoms with Crippen LogP contribution in [0.2, 0.25) is 0 Å². The molecule has 0 saturated carbocycles. The normalized spacial score (nSPS) is 13.0. The highest BCUT2D eigenvalue weighted by molar-refractivity contribution is 6.06. The van der Waals surface area contributed by atoms with E-state index in [2.05, 4.69) is 93.6 Å². The summed E-state index contributed by atoms with van der Waals surface area (Å²) in [4.78, 5) is 0. The molecule has 0 saturated heterocycles. The lowest BCUT2D eigenvalue weighted by Gasteiger charge is -2.13. The largest absolute Gasteiger partial charge is 0.456 e. The summed E-state index contributed by atoms with van der Waals surface area (Å²) in [5.41, 5.74) is 8.81. The first-order chi connectivity index (χ1) is 14.6. The minimum Gasteiger partial charge on any atom is -0.456 e. The standard InChI is InChI=1S/C28H22O2/c1-16-7-10-25-22(13-16)24-15-20(8-11-26(24)29-25)18(3)19-9-12-27-23(14-19)21-6-4-5-17(2)28(21)30-27/h4-15,18H,1-3H3/t18-/m1/s1. The molecule has 0 unspecified atom stereocenters. The lowest BCUT2D eigenvalue weighted by Crippen LogP contribution is -1.95. The van der Waals surface area contributed by atoms with Crippen LogP contribution in [0.1, 0.15) is 35.1 Å². The van der Waals surface area contributed by atoms with Gasteiger partial charge < -0.3 is 8.83 Å². The van der Waals surface area contributed by atoms with E-state index in [-0.39, 0.29) is 5.92 Å². The first-order valence-corrected chi connectivity index (χ1v) is 10.4. The predicted molar refractivity (Wildman–Crippen MR) is 124 cm³/mol. The molecule has 0 bridgehead atoms. The van der Waals surface area contributed by atoms with Gasteiger partial charge in [-0.2, -0.15) is 0 Å². The van der Waals surface area contributed by atoms with Gasteiger partial charge in [0.05, 0.1) is 0 Å². The van der Waals surface area contributed by atoms with Crippen LogP contribution in [0.4, 0.5) is 0 Å². The smallest absolute Gasteiger partial charge is 0.138 e. The number of furan rings is 2. The van der Waals surface area contributed by atoms with Gasteiger partial charge in [-0.25, -0.2) is 0 Å². The van der Waals surface area contributed by atoms with Gasteiger partial charge in [-0.05, 0) is 66.9 Å². The molecule has 2 heteroatoms. The highest BCUT2D eigenvalue weighted by Gasteiger charge is 2.15. The zero-order valence-corrected chi connectivity index (χ0v) is 17.3. The van der Waals surface area contributed by atoms with Crippen LogP contribution in [0.15, 0.2) is 81.6 Å². The van der Waals surface area contributed by atoms with Gasteiger partial charge >= 0.3 is 0 Å². The van der Waals surface area contributed by atoms with E-state index in [9.17, 15) is 0 Å². The maximum atomic E-state index is 6.12. The number of rotatable bonds is 2. The van der Waals surface area contributed by atoms with Crippen LogP contribution in [-0.4, -0.2) is 0 Å². The summed E-state index contributed by atoms with van der Waals surface area (Å²) in [7, 11) is 0. The van der Waals surface area contributed by atoms with E-state index >= 15 is 0 Å². The number of aryl methyl sites for hydroxylation is 2. The van der Waals surface area contributed by atoms with E-state index in [1.807, 2.05) is 0 Å². The topological polar surface area (TPSA) is 26.3 Å². The van der Waals surface area contributed by atoms with Crippen molar-refractivity contribution in [2.45, 2.75) is 26.7 Å². The van der Waals surface area contributed by atoms with Crippen molar-refractivity contribution in [2.75, 3.05) is 0 Å². The second-order valence-corrected chi connectivity index (χ2v) is 8.39. The average Bonchev–Trinajstić information content (AvgIpc) is 3.31. The molecule has 2 nitrogen and oxygen atoms in total. The minimum absolute atomic E-state index is 0.267. The summed E-state index contributed by atoms with van der Waals surface area (Å²) in [6.07, 6.45) is 0. The average molecular weight is 390 g/mol. The van der Waals surface area contributed by atoms with Crippen LogP contribution in [-0.2, 0) is 0 Å². The number of hydrogen-bond donors (Lipinski definition) is 0. The fraction of sp³-hybridized carbons (Fsp3) is 0.143. The van der Waals surface area contributed by atoms with Crippen LogP contribution in [0.5, 0.6) is 0 Å².